The third-order valence-corrected chi connectivity index (χ3v) is 3.34. The Labute approximate surface area is 132 Å². The molecule has 0 radical (unpaired) electrons. The Morgan fingerprint density at radius 1 is 1.10 bits per heavy atom. The lowest BCUT2D eigenvalue weighted by atomic mass is 10.2. The second-order valence-corrected chi connectivity index (χ2v) is 4.84. The number of ether oxygens (including phenoxy) is 1. The fraction of sp³-hybridized carbons (Fsp3) is 0.0714. The van der Waals surface area contributed by atoms with Crippen LogP contribution in [0.25, 0.3) is 0 Å². The summed E-state index contributed by atoms with van der Waals surface area (Å²) >= 11 is 11.8. The fourth-order valence-corrected chi connectivity index (χ4v) is 1.95. The molecular formula is C14H12Cl2N4O. The zero-order chi connectivity index (χ0) is 15.1. The summed E-state index contributed by atoms with van der Waals surface area (Å²) in [5, 5.41) is 11.1. The maximum absolute atomic E-state index is 5.97. The van der Waals surface area contributed by atoms with Crippen molar-refractivity contribution in [3.63, 3.8) is 0 Å². The molecule has 0 saturated heterocycles. The van der Waals surface area contributed by atoms with Crippen LogP contribution < -0.4 is 10.6 Å². The van der Waals surface area contributed by atoms with E-state index in [1.807, 2.05) is 30.3 Å². The third-order valence-electron chi connectivity index (χ3n) is 2.60. The Morgan fingerprint density at radius 2 is 1.90 bits per heavy atom. The van der Waals surface area contributed by atoms with Crippen LogP contribution in [0, 0.1) is 0 Å². The maximum Gasteiger partial charge on any atom is 0.128 e. The summed E-state index contributed by atoms with van der Waals surface area (Å²) in [5.74, 6) is 5.55. The van der Waals surface area contributed by atoms with Crippen molar-refractivity contribution >= 4 is 29.4 Å². The fourth-order valence-electron chi connectivity index (χ4n) is 1.63. The van der Waals surface area contributed by atoms with E-state index < -0.39 is 0 Å². The smallest absolute Gasteiger partial charge is 0.128 e. The van der Waals surface area contributed by atoms with Crippen molar-refractivity contribution < 1.29 is 4.74 Å². The zero-order valence-corrected chi connectivity index (χ0v) is 12.4. The number of rotatable bonds is 5. The number of nitrogens with zero attached hydrogens (tertiary/aromatic N) is 3. The number of halogens is 2. The molecule has 0 saturated carbocycles. The van der Waals surface area contributed by atoms with Crippen LogP contribution in [0.15, 0.2) is 58.0 Å². The topological polar surface area (TPSA) is 72.3 Å². The van der Waals surface area contributed by atoms with Gasteiger partial charge in [-0.05, 0) is 35.1 Å². The molecule has 0 unspecified atom stereocenters. The van der Waals surface area contributed by atoms with Crippen molar-refractivity contribution in [3.05, 3.63) is 63.6 Å². The summed E-state index contributed by atoms with van der Waals surface area (Å²) in [6.07, 6.45) is 1.51. The van der Waals surface area contributed by atoms with Crippen LogP contribution in [0.3, 0.4) is 0 Å². The van der Waals surface area contributed by atoms with E-state index in [9.17, 15) is 0 Å². The van der Waals surface area contributed by atoms with Gasteiger partial charge in [0.15, 0.2) is 0 Å². The average molecular weight is 323 g/mol. The lowest BCUT2D eigenvalue weighted by molar-refractivity contribution is 0.306. The Bertz CT molecular complexity index is 674. The zero-order valence-electron chi connectivity index (χ0n) is 10.9. The molecule has 0 amide bonds. The highest BCUT2D eigenvalue weighted by Gasteiger charge is 2.03. The van der Waals surface area contributed by atoms with E-state index in [0.29, 0.717) is 22.4 Å². The summed E-state index contributed by atoms with van der Waals surface area (Å²) in [7, 11) is 0. The van der Waals surface area contributed by atoms with Crippen molar-refractivity contribution in [2.75, 3.05) is 0 Å². The van der Waals surface area contributed by atoms with Gasteiger partial charge in [-0.2, -0.15) is 0 Å². The molecule has 21 heavy (non-hydrogen) atoms. The van der Waals surface area contributed by atoms with Gasteiger partial charge in [-0.25, -0.2) is 0 Å². The van der Waals surface area contributed by atoms with Gasteiger partial charge in [0.25, 0.3) is 0 Å². The van der Waals surface area contributed by atoms with Crippen molar-refractivity contribution in [2.45, 2.75) is 6.61 Å². The molecule has 0 fully saturated rings. The number of nitrogens with two attached hydrogens (primary N) is 1. The Kier molecular flexibility index (Phi) is 5.54. The van der Waals surface area contributed by atoms with Crippen LogP contribution >= 0.6 is 23.2 Å². The highest BCUT2D eigenvalue weighted by molar-refractivity contribution is 6.42. The number of benzene rings is 2. The standard InChI is InChI=1S/C14H12Cl2N4O/c15-12-6-5-10(7-13(12)16)9-21-14-4-2-1-3-11(14)8-18-20-19-17/h1-8H,9H2,(H2,17,20). The molecule has 5 nitrogen and oxygen atoms in total. The molecule has 0 heterocycles. The molecule has 0 bridgehead atoms. The van der Waals surface area contributed by atoms with E-state index in [1.165, 1.54) is 6.21 Å². The highest BCUT2D eigenvalue weighted by Crippen LogP contribution is 2.24. The molecule has 2 N–H and O–H groups in total. The largest absolute Gasteiger partial charge is 0.488 e. The van der Waals surface area contributed by atoms with Gasteiger partial charge in [0.1, 0.15) is 12.4 Å². The van der Waals surface area contributed by atoms with E-state index in [4.69, 9.17) is 33.8 Å². The summed E-state index contributed by atoms with van der Waals surface area (Å²) in [6.45, 7) is 0.361. The minimum atomic E-state index is 0.361. The van der Waals surface area contributed by atoms with Gasteiger partial charge >= 0.3 is 0 Å². The van der Waals surface area contributed by atoms with Gasteiger partial charge in [0.2, 0.25) is 0 Å². The van der Waals surface area contributed by atoms with Gasteiger partial charge in [-0.3, -0.25) is 0 Å². The van der Waals surface area contributed by atoms with E-state index in [2.05, 4.69) is 15.5 Å². The normalized spacial score (nSPS) is 11.3. The molecular weight excluding hydrogens is 311 g/mol. The quantitative estimate of drug-likeness (QED) is 0.387. The second kappa shape index (κ2) is 7.61. The van der Waals surface area contributed by atoms with Crippen LogP contribution in [0.5, 0.6) is 5.75 Å². The lowest BCUT2D eigenvalue weighted by Gasteiger charge is -2.09. The van der Waals surface area contributed by atoms with E-state index in [1.54, 1.807) is 12.1 Å². The van der Waals surface area contributed by atoms with Gasteiger partial charge in [-0.1, -0.05) is 46.6 Å². The van der Waals surface area contributed by atoms with Crippen LogP contribution in [0.2, 0.25) is 10.0 Å². The van der Waals surface area contributed by atoms with Crippen molar-refractivity contribution in [2.24, 2.45) is 21.4 Å². The molecule has 2 aromatic rings. The first-order valence-electron chi connectivity index (χ1n) is 5.99. The summed E-state index contributed by atoms with van der Waals surface area (Å²) in [5.41, 5.74) is 1.68. The molecule has 0 aliphatic carbocycles. The second-order valence-electron chi connectivity index (χ2n) is 4.02. The van der Waals surface area contributed by atoms with Crippen LogP contribution in [0.1, 0.15) is 11.1 Å². The Hall–Kier alpha value is -2.11. The van der Waals surface area contributed by atoms with Crippen LogP contribution in [0.4, 0.5) is 0 Å². The summed E-state index contributed by atoms with van der Waals surface area (Å²) in [6, 6.07) is 12.8. The van der Waals surface area contributed by atoms with Crippen molar-refractivity contribution in [1.82, 2.24) is 0 Å². The Morgan fingerprint density at radius 3 is 2.67 bits per heavy atom. The molecule has 0 spiro atoms. The molecule has 0 aromatic heterocycles. The predicted octanol–water partition coefficient (Wildman–Crippen LogP) is 4.23. The number of hydrogen-bond donors (Lipinski definition) is 1. The molecule has 108 valence electrons. The predicted molar refractivity (Wildman–Crippen MR) is 83.9 cm³/mol. The van der Waals surface area contributed by atoms with Gasteiger partial charge in [-0.15, -0.1) is 5.10 Å². The minimum absolute atomic E-state index is 0.361. The molecule has 0 atom stereocenters. The molecule has 7 heteroatoms. The van der Waals surface area contributed by atoms with E-state index >= 15 is 0 Å². The number of para-hydroxylation sites is 1. The van der Waals surface area contributed by atoms with Crippen molar-refractivity contribution in [3.8, 4) is 5.75 Å². The minimum Gasteiger partial charge on any atom is -0.488 e. The summed E-state index contributed by atoms with van der Waals surface area (Å²) < 4.78 is 5.75. The maximum atomic E-state index is 5.97. The lowest BCUT2D eigenvalue weighted by Crippen LogP contribution is -1.98. The monoisotopic (exact) mass is 322 g/mol. The molecule has 0 aliphatic heterocycles. The SMILES string of the molecule is NN=NN=Cc1ccccc1OCc1ccc(Cl)c(Cl)c1. The van der Waals surface area contributed by atoms with E-state index in [-0.39, 0.29) is 0 Å². The third kappa shape index (κ3) is 4.44. The van der Waals surface area contributed by atoms with Gasteiger partial charge < -0.3 is 10.6 Å². The number of hydrogen-bond acceptors (Lipinski definition) is 3. The van der Waals surface area contributed by atoms with E-state index in [0.717, 1.165) is 11.1 Å². The molecule has 2 aromatic carbocycles. The first kappa shape index (κ1) is 15.3. The average Bonchev–Trinajstić information content (AvgIpc) is 2.50. The highest BCUT2D eigenvalue weighted by atomic mass is 35.5. The van der Waals surface area contributed by atoms with Crippen LogP contribution in [-0.4, -0.2) is 6.21 Å². The van der Waals surface area contributed by atoms with Crippen molar-refractivity contribution in [1.29, 1.82) is 0 Å². The van der Waals surface area contributed by atoms with Gasteiger partial charge in [0, 0.05) is 5.56 Å². The first-order chi connectivity index (χ1) is 10.2. The molecule has 0 aliphatic rings. The first-order valence-corrected chi connectivity index (χ1v) is 6.75. The molecule has 2 rings (SSSR count). The van der Waals surface area contributed by atoms with Crippen LogP contribution in [-0.2, 0) is 6.61 Å². The summed E-state index contributed by atoms with van der Waals surface area (Å²) in [4.78, 5) is 0. The Balaban J connectivity index is 2.10. The van der Waals surface area contributed by atoms with Gasteiger partial charge in [0.05, 0.1) is 16.3 Å².